The van der Waals surface area contributed by atoms with E-state index in [4.69, 9.17) is 13.0 Å². The highest BCUT2D eigenvalue weighted by atomic mass is 19.1. The van der Waals surface area contributed by atoms with Crippen LogP contribution in [0.15, 0.2) is 12.1 Å². The SMILES string of the molecule is [B]c1cc(C)c(F)cc1CO. The molecule has 0 fully saturated rings. The van der Waals surface area contributed by atoms with Gasteiger partial charge < -0.3 is 5.11 Å². The van der Waals surface area contributed by atoms with Gasteiger partial charge in [-0.1, -0.05) is 11.5 Å². The molecule has 1 nitrogen and oxygen atoms in total. The van der Waals surface area contributed by atoms with Crippen molar-refractivity contribution in [3.8, 4) is 0 Å². The molecule has 56 valence electrons. The Morgan fingerprint density at radius 1 is 1.55 bits per heavy atom. The predicted molar refractivity (Wildman–Crippen MR) is 42.4 cm³/mol. The van der Waals surface area contributed by atoms with Gasteiger partial charge in [0.25, 0.3) is 0 Å². The molecule has 0 aliphatic heterocycles. The summed E-state index contributed by atoms with van der Waals surface area (Å²) in [7, 11) is 5.47. The molecule has 0 aliphatic carbocycles. The van der Waals surface area contributed by atoms with Gasteiger partial charge in [0, 0.05) is 0 Å². The van der Waals surface area contributed by atoms with Crippen LogP contribution in [0.2, 0.25) is 0 Å². The third-order valence-corrected chi connectivity index (χ3v) is 1.59. The summed E-state index contributed by atoms with van der Waals surface area (Å²) in [5, 5.41) is 8.69. The van der Waals surface area contributed by atoms with Gasteiger partial charge in [0.2, 0.25) is 0 Å². The van der Waals surface area contributed by atoms with E-state index in [2.05, 4.69) is 0 Å². The predicted octanol–water partition coefficient (Wildman–Crippen LogP) is 0.420. The number of benzene rings is 1. The highest BCUT2D eigenvalue weighted by molar-refractivity contribution is 6.33. The molecular weight excluding hydrogens is 142 g/mol. The number of aliphatic hydroxyl groups is 1. The topological polar surface area (TPSA) is 20.2 Å². The largest absolute Gasteiger partial charge is 0.392 e. The minimum absolute atomic E-state index is 0.219. The quantitative estimate of drug-likeness (QED) is 0.575. The maximum Gasteiger partial charge on any atom is 0.126 e. The van der Waals surface area contributed by atoms with Crippen molar-refractivity contribution in [2.45, 2.75) is 13.5 Å². The van der Waals surface area contributed by atoms with E-state index in [1.54, 1.807) is 6.92 Å². The number of halogens is 1. The normalized spacial score (nSPS) is 10.1. The van der Waals surface area contributed by atoms with Crippen LogP contribution in [0.25, 0.3) is 0 Å². The van der Waals surface area contributed by atoms with Crippen LogP contribution in [0.1, 0.15) is 11.1 Å². The Bertz CT molecular complexity index is 273. The van der Waals surface area contributed by atoms with Crippen LogP contribution in [-0.4, -0.2) is 13.0 Å². The summed E-state index contributed by atoms with van der Waals surface area (Å²) >= 11 is 0. The lowest BCUT2D eigenvalue weighted by Crippen LogP contribution is -2.11. The first kappa shape index (κ1) is 8.27. The number of aryl methyl sites for hydroxylation is 1. The van der Waals surface area contributed by atoms with Crippen LogP contribution < -0.4 is 5.46 Å². The lowest BCUT2D eigenvalue weighted by Gasteiger charge is -2.04. The molecule has 1 rings (SSSR count). The maximum absolute atomic E-state index is 12.8. The van der Waals surface area contributed by atoms with E-state index in [1.807, 2.05) is 0 Å². The van der Waals surface area contributed by atoms with Crippen molar-refractivity contribution in [1.82, 2.24) is 0 Å². The second-order valence-corrected chi connectivity index (χ2v) is 2.46. The first-order chi connectivity index (χ1) is 5.15. The molecule has 0 bridgehead atoms. The molecule has 0 atom stereocenters. The van der Waals surface area contributed by atoms with Crippen LogP contribution >= 0.6 is 0 Å². The molecule has 1 N–H and O–H groups in total. The first-order valence-corrected chi connectivity index (χ1v) is 3.30. The van der Waals surface area contributed by atoms with E-state index in [9.17, 15) is 4.39 Å². The number of aliphatic hydroxyl groups excluding tert-OH is 1. The van der Waals surface area contributed by atoms with Gasteiger partial charge in [0.15, 0.2) is 0 Å². The lowest BCUT2D eigenvalue weighted by atomic mass is 9.89. The molecule has 0 saturated carbocycles. The van der Waals surface area contributed by atoms with Crippen LogP contribution in [0.4, 0.5) is 4.39 Å². The molecule has 2 radical (unpaired) electrons. The molecular formula is C8H8BFO. The van der Waals surface area contributed by atoms with Gasteiger partial charge in [-0.15, -0.1) is 0 Å². The number of rotatable bonds is 1. The average molecular weight is 150 g/mol. The minimum Gasteiger partial charge on any atom is -0.392 e. The summed E-state index contributed by atoms with van der Waals surface area (Å²) < 4.78 is 12.8. The zero-order chi connectivity index (χ0) is 8.43. The number of hydrogen-bond acceptors (Lipinski definition) is 1. The molecule has 1 aromatic carbocycles. The van der Waals surface area contributed by atoms with Crippen LogP contribution in [0.3, 0.4) is 0 Å². The van der Waals surface area contributed by atoms with Crippen LogP contribution in [0, 0.1) is 12.7 Å². The van der Waals surface area contributed by atoms with Crippen molar-refractivity contribution in [2.75, 3.05) is 0 Å². The molecule has 0 spiro atoms. The zero-order valence-corrected chi connectivity index (χ0v) is 6.26. The van der Waals surface area contributed by atoms with E-state index in [-0.39, 0.29) is 12.4 Å². The van der Waals surface area contributed by atoms with E-state index in [0.29, 0.717) is 16.6 Å². The molecule has 0 amide bonds. The summed E-state index contributed by atoms with van der Waals surface area (Å²) in [4.78, 5) is 0. The van der Waals surface area contributed by atoms with Gasteiger partial charge in [-0.05, 0) is 24.1 Å². The highest BCUT2D eigenvalue weighted by Crippen LogP contribution is 2.06. The van der Waals surface area contributed by atoms with Gasteiger partial charge >= 0.3 is 0 Å². The molecule has 0 aromatic heterocycles. The summed E-state index contributed by atoms with van der Waals surface area (Å²) in [5.41, 5.74) is 1.37. The van der Waals surface area contributed by atoms with Gasteiger partial charge in [-0.3, -0.25) is 0 Å². The highest BCUT2D eigenvalue weighted by Gasteiger charge is 2.01. The Labute approximate surface area is 66.3 Å². The van der Waals surface area contributed by atoms with Crippen molar-refractivity contribution in [3.05, 3.63) is 29.1 Å². The second kappa shape index (κ2) is 3.05. The Morgan fingerprint density at radius 2 is 2.18 bits per heavy atom. The van der Waals surface area contributed by atoms with Crippen molar-refractivity contribution in [3.63, 3.8) is 0 Å². The second-order valence-electron chi connectivity index (χ2n) is 2.46. The summed E-state index contributed by atoms with van der Waals surface area (Å²) in [6.45, 7) is 1.41. The van der Waals surface area contributed by atoms with Crippen LogP contribution in [-0.2, 0) is 6.61 Å². The lowest BCUT2D eigenvalue weighted by molar-refractivity contribution is 0.282. The van der Waals surface area contributed by atoms with Gasteiger partial charge in [0.1, 0.15) is 13.7 Å². The fourth-order valence-corrected chi connectivity index (χ4v) is 0.882. The molecule has 11 heavy (non-hydrogen) atoms. The van der Waals surface area contributed by atoms with Crippen LogP contribution in [0.5, 0.6) is 0 Å². The van der Waals surface area contributed by atoms with Crippen molar-refractivity contribution < 1.29 is 9.50 Å². The summed E-state index contributed by atoms with van der Waals surface area (Å²) in [6.07, 6.45) is 0. The maximum atomic E-state index is 12.8. The smallest absolute Gasteiger partial charge is 0.126 e. The standard InChI is InChI=1S/C8H8BFO/c1-5-2-7(9)6(4-11)3-8(5)10/h2-3,11H,4H2,1H3. The third-order valence-electron chi connectivity index (χ3n) is 1.59. The average Bonchev–Trinajstić information content (AvgIpc) is 1.97. The van der Waals surface area contributed by atoms with E-state index in [1.165, 1.54) is 12.1 Å². The molecule has 0 saturated heterocycles. The Balaban J connectivity index is 3.21. The van der Waals surface area contributed by atoms with Gasteiger partial charge in [-0.25, -0.2) is 4.39 Å². The Kier molecular flexibility index (Phi) is 2.30. The number of hydrogen-bond donors (Lipinski definition) is 1. The zero-order valence-electron chi connectivity index (χ0n) is 6.26. The minimum atomic E-state index is -0.330. The summed E-state index contributed by atoms with van der Waals surface area (Å²) in [6, 6.07) is 2.77. The van der Waals surface area contributed by atoms with E-state index in [0.717, 1.165) is 0 Å². The Hall–Kier alpha value is -0.825. The summed E-state index contributed by atoms with van der Waals surface area (Å²) in [5.74, 6) is -0.330. The van der Waals surface area contributed by atoms with Crippen molar-refractivity contribution >= 4 is 13.3 Å². The third kappa shape index (κ3) is 1.60. The van der Waals surface area contributed by atoms with Crippen molar-refractivity contribution in [2.24, 2.45) is 0 Å². The van der Waals surface area contributed by atoms with Crippen molar-refractivity contribution in [1.29, 1.82) is 0 Å². The fraction of sp³-hybridized carbons (Fsp3) is 0.250. The van der Waals surface area contributed by atoms with E-state index >= 15 is 0 Å². The first-order valence-electron chi connectivity index (χ1n) is 3.30. The molecule has 0 heterocycles. The fourth-order valence-electron chi connectivity index (χ4n) is 0.882. The molecule has 3 heteroatoms. The van der Waals surface area contributed by atoms with Gasteiger partial charge in [0.05, 0.1) is 6.61 Å². The van der Waals surface area contributed by atoms with Gasteiger partial charge in [-0.2, -0.15) is 0 Å². The monoisotopic (exact) mass is 150 g/mol. The Morgan fingerprint density at radius 3 is 2.73 bits per heavy atom. The molecule has 1 aromatic rings. The van der Waals surface area contributed by atoms with E-state index < -0.39 is 0 Å². The molecule has 0 aliphatic rings. The molecule has 0 unspecified atom stereocenters.